The molecule has 2 N–H and O–H groups in total. The van der Waals surface area contributed by atoms with Gasteiger partial charge in [-0.05, 0) is 39.1 Å². The van der Waals surface area contributed by atoms with Gasteiger partial charge in [0.2, 0.25) is 0 Å². The Hall–Kier alpha value is -2.58. The summed E-state index contributed by atoms with van der Waals surface area (Å²) in [4.78, 5) is 15.3. The minimum Gasteiger partial charge on any atom is -0.358 e. The fourth-order valence-corrected chi connectivity index (χ4v) is 4.31. The molecule has 1 aliphatic rings. The molecule has 0 aliphatic carbocycles. The average molecular weight is 410 g/mol. The van der Waals surface area contributed by atoms with Crippen molar-refractivity contribution in [3.05, 3.63) is 41.6 Å². The Labute approximate surface area is 175 Å². The average Bonchev–Trinajstić information content (AvgIpc) is 3.33. The number of fused-ring (bicyclic) bond motifs is 1. The predicted molar refractivity (Wildman–Crippen MR) is 120 cm³/mol. The predicted octanol–water partition coefficient (Wildman–Crippen LogP) is 3.56. The summed E-state index contributed by atoms with van der Waals surface area (Å²) in [6.07, 6.45) is 1.14. The zero-order chi connectivity index (χ0) is 20.4. The van der Waals surface area contributed by atoms with Crippen molar-refractivity contribution in [1.29, 1.82) is 0 Å². The van der Waals surface area contributed by atoms with Gasteiger partial charge in [-0.2, -0.15) is 5.10 Å². The van der Waals surface area contributed by atoms with Gasteiger partial charge in [-0.25, -0.2) is 9.97 Å². The highest BCUT2D eigenvalue weighted by Gasteiger charge is 2.16. The summed E-state index contributed by atoms with van der Waals surface area (Å²) in [7, 11) is 6.22. The molecular formula is C21H27N7S. The molecule has 0 fully saturated rings. The van der Waals surface area contributed by atoms with E-state index in [1.54, 1.807) is 0 Å². The monoisotopic (exact) mass is 409 g/mol. The van der Waals surface area contributed by atoms with E-state index in [1.807, 2.05) is 30.8 Å². The summed E-state index contributed by atoms with van der Waals surface area (Å²) in [6.45, 7) is 3.81. The molecule has 0 bridgehead atoms. The number of rotatable bonds is 7. The molecule has 8 heteroatoms. The Balaban J connectivity index is 1.69. The number of thioether (sulfide) groups is 1. The number of H-pyrrole nitrogens is 1. The summed E-state index contributed by atoms with van der Waals surface area (Å²) < 4.78 is 0. The molecule has 0 saturated carbocycles. The lowest BCUT2D eigenvalue weighted by molar-refractivity contribution is 0.416. The number of benzene rings is 1. The molecule has 3 aromatic rings. The van der Waals surface area contributed by atoms with E-state index in [0.717, 1.165) is 59.8 Å². The van der Waals surface area contributed by atoms with E-state index < -0.39 is 0 Å². The molecule has 3 heterocycles. The van der Waals surface area contributed by atoms with Crippen molar-refractivity contribution in [2.24, 2.45) is 0 Å². The lowest BCUT2D eigenvalue weighted by atomic mass is 10.1. The topological polar surface area (TPSA) is 73.0 Å². The quantitative estimate of drug-likeness (QED) is 0.618. The van der Waals surface area contributed by atoms with Gasteiger partial charge in [0.05, 0.1) is 0 Å². The van der Waals surface area contributed by atoms with Crippen molar-refractivity contribution < 1.29 is 0 Å². The molecule has 0 radical (unpaired) electrons. The van der Waals surface area contributed by atoms with Crippen LogP contribution in [0.1, 0.15) is 11.3 Å². The third-order valence-corrected chi connectivity index (χ3v) is 6.00. The number of nitrogens with one attached hydrogen (secondary N) is 2. The smallest absolute Gasteiger partial charge is 0.163 e. The number of likely N-dealkylation sites (N-methyl/N-ethyl adjacent to an activating group) is 2. The molecule has 1 aliphatic heterocycles. The summed E-state index contributed by atoms with van der Waals surface area (Å²) in [5.41, 5.74) is 3.46. The molecule has 29 heavy (non-hydrogen) atoms. The molecule has 1 aromatic carbocycles. The number of hydrogen-bond acceptors (Lipinski definition) is 7. The van der Waals surface area contributed by atoms with Gasteiger partial charge in [0.15, 0.2) is 11.6 Å². The Kier molecular flexibility index (Phi) is 5.73. The normalized spacial score (nSPS) is 13.0. The maximum Gasteiger partial charge on any atom is 0.163 e. The highest BCUT2D eigenvalue weighted by Crippen LogP contribution is 2.34. The van der Waals surface area contributed by atoms with Gasteiger partial charge in [-0.1, -0.05) is 12.1 Å². The Morgan fingerprint density at radius 1 is 1.07 bits per heavy atom. The molecule has 0 saturated heterocycles. The minimum atomic E-state index is 0.726. The molecule has 0 amide bonds. The van der Waals surface area contributed by atoms with Crippen LogP contribution in [0, 0.1) is 6.92 Å². The highest BCUT2D eigenvalue weighted by atomic mass is 32.2. The molecule has 0 spiro atoms. The lowest BCUT2D eigenvalue weighted by Gasteiger charge is -2.21. The van der Waals surface area contributed by atoms with Crippen LogP contribution in [0.2, 0.25) is 0 Å². The zero-order valence-electron chi connectivity index (χ0n) is 17.4. The third-order valence-electron chi connectivity index (χ3n) is 4.90. The van der Waals surface area contributed by atoms with Crippen LogP contribution in [0.3, 0.4) is 0 Å². The van der Waals surface area contributed by atoms with Crippen LogP contribution >= 0.6 is 11.8 Å². The van der Waals surface area contributed by atoms with Crippen molar-refractivity contribution in [3.63, 3.8) is 0 Å². The van der Waals surface area contributed by atoms with Crippen LogP contribution in [-0.2, 0) is 6.42 Å². The highest BCUT2D eigenvalue weighted by molar-refractivity contribution is 7.99. The van der Waals surface area contributed by atoms with Crippen LogP contribution in [0.15, 0.2) is 35.2 Å². The Morgan fingerprint density at radius 2 is 1.93 bits per heavy atom. The SMILES string of the molecule is Cc1cc(Nc2cc(N(C)CCN(C)C)nc(-c3ccc4c(c3)SCC4)n2)n[nH]1. The molecule has 0 unspecified atom stereocenters. The first kappa shape index (κ1) is 19.7. The molecule has 4 rings (SSSR count). The summed E-state index contributed by atoms with van der Waals surface area (Å²) in [5.74, 6) is 4.25. The number of anilines is 3. The van der Waals surface area contributed by atoms with Gasteiger partial charge in [-0.15, -0.1) is 11.8 Å². The Morgan fingerprint density at radius 3 is 2.69 bits per heavy atom. The summed E-state index contributed by atoms with van der Waals surface area (Å²) >= 11 is 1.91. The van der Waals surface area contributed by atoms with Crippen molar-refractivity contribution in [3.8, 4) is 11.4 Å². The molecule has 152 valence electrons. The number of aromatic amines is 1. The van der Waals surface area contributed by atoms with Crippen LogP contribution in [0.4, 0.5) is 17.5 Å². The molecular weight excluding hydrogens is 382 g/mol. The van der Waals surface area contributed by atoms with Gasteiger partial charge in [0.1, 0.15) is 11.6 Å². The van der Waals surface area contributed by atoms with Gasteiger partial charge >= 0.3 is 0 Å². The maximum absolute atomic E-state index is 4.87. The lowest BCUT2D eigenvalue weighted by Crippen LogP contribution is -2.29. The first-order valence-corrected chi connectivity index (χ1v) is 10.8. The summed E-state index contributed by atoms with van der Waals surface area (Å²) in [5, 5.41) is 10.5. The van der Waals surface area contributed by atoms with E-state index >= 15 is 0 Å². The fourth-order valence-electron chi connectivity index (χ4n) is 3.21. The number of nitrogens with zero attached hydrogens (tertiary/aromatic N) is 5. The van der Waals surface area contributed by atoms with E-state index in [9.17, 15) is 0 Å². The second-order valence-corrected chi connectivity index (χ2v) is 8.78. The standard InChI is InChI=1S/C21H27N7S/c1-14-11-19(26-25-14)22-18-13-20(28(4)9-8-27(2)3)24-21(23-18)16-6-5-15-7-10-29-17(15)12-16/h5-6,11-13H,7-10H2,1-4H3,(H2,22,23,24,25,26). The number of hydrogen-bond donors (Lipinski definition) is 2. The zero-order valence-corrected chi connectivity index (χ0v) is 18.2. The van der Waals surface area contributed by atoms with Gasteiger partial charge in [-0.3, -0.25) is 5.10 Å². The second kappa shape index (κ2) is 8.42. The molecule has 0 atom stereocenters. The van der Waals surface area contributed by atoms with Gasteiger partial charge in [0, 0.05) is 54.2 Å². The molecule has 2 aromatic heterocycles. The van der Waals surface area contributed by atoms with Crippen molar-refractivity contribution in [2.75, 3.05) is 50.2 Å². The van der Waals surface area contributed by atoms with E-state index in [4.69, 9.17) is 9.97 Å². The minimum absolute atomic E-state index is 0.726. The number of aromatic nitrogens is 4. The molecule has 7 nitrogen and oxygen atoms in total. The van der Waals surface area contributed by atoms with E-state index in [2.05, 4.69) is 64.7 Å². The van der Waals surface area contributed by atoms with Gasteiger partial charge in [0.25, 0.3) is 0 Å². The van der Waals surface area contributed by atoms with Crippen LogP contribution in [-0.4, -0.2) is 65.1 Å². The van der Waals surface area contributed by atoms with Crippen LogP contribution in [0.5, 0.6) is 0 Å². The van der Waals surface area contributed by atoms with E-state index in [-0.39, 0.29) is 0 Å². The van der Waals surface area contributed by atoms with E-state index in [0.29, 0.717) is 0 Å². The third kappa shape index (κ3) is 4.71. The number of aryl methyl sites for hydroxylation is 2. The maximum atomic E-state index is 4.87. The first-order valence-electron chi connectivity index (χ1n) is 9.78. The van der Waals surface area contributed by atoms with Crippen molar-refractivity contribution in [1.82, 2.24) is 25.1 Å². The van der Waals surface area contributed by atoms with Crippen molar-refractivity contribution >= 4 is 29.2 Å². The second-order valence-electron chi connectivity index (χ2n) is 7.64. The largest absolute Gasteiger partial charge is 0.358 e. The fraction of sp³-hybridized carbons (Fsp3) is 0.381. The van der Waals surface area contributed by atoms with Gasteiger partial charge < -0.3 is 15.1 Å². The first-order chi connectivity index (χ1) is 14.0. The van der Waals surface area contributed by atoms with Crippen molar-refractivity contribution in [2.45, 2.75) is 18.2 Å². The van der Waals surface area contributed by atoms with Crippen LogP contribution in [0.25, 0.3) is 11.4 Å². The van der Waals surface area contributed by atoms with Crippen LogP contribution < -0.4 is 10.2 Å². The van der Waals surface area contributed by atoms with E-state index in [1.165, 1.54) is 10.5 Å². The Bertz CT molecular complexity index is 998. The summed E-state index contributed by atoms with van der Waals surface area (Å²) in [6, 6.07) is 10.5.